The van der Waals surface area contributed by atoms with E-state index in [1.54, 1.807) is 18.4 Å². The monoisotopic (exact) mass is 407 g/mol. The van der Waals surface area contributed by atoms with Gasteiger partial charge in [-0.2, -0.15) is 0 Å². The normalized spacial score (nSPS) is 10.8. The molecular weight excluding hydrogens is 389 g/mol. The Labute approximate surface area is 144 Å². The molecule has 0 saturated carbocycles. The lowest BCUT2D eigenvalue weighted by Crippen LogP contribution is -1.96. The molecule has 0 aliphatic heterocycles. The number of ether oxygens (including phenoxy) is 1. The number of hydrogen-bond donors (Lipinski definition) is 1. The van der Waals surface area contributed by atoms with Crippen LogP contribution in [0, 0.1) is 3.57 Å². The number of allylic oxidation sites excluding steroid dienone is 1. The van der Waals surface area contributed by atoms with Gasteiger partial charge in [0.1, 0.15) is 0 Å². The highest BCUT2D eigenvalue weighted by Gasteiger charge is 2.09. The Morgan fingerprint density at radius 3 is 2.77 bits per heavy atom. The third kappa shape index (κ3) is 4.10. The van der Waals surface area contributed by atoms with Crippen molar-refractivity contribution in [3.63, 3.8) is 0 Å². The molecule has 0 unspecified atom stereocenters. The third-order valence-corrected chi connectivity index (χ3v) is 3.96. The van der Waals surface area contributed by atoms with E-state index in [4.69, 9.17) is 4.74 Å². The molecule has 2 rings (SSSR count). The highest BCUT2D eigenvalue weighted by Crippen LogP contribution is 2.32. The fourth-order valence-corrected chi connectivity index (χ4v) is 2.57. The quantitative estimate of drug-likeness (QED) is 0.422. The van der Waals surface area contributed by atoms with E-state index in [-0.39, 0.29) is 5.75 Å². The predicted octanol–water partition coefficient (Wildman–Crippen LogP) is 4.87. The molecule has 22 heavy (non-hydrogen) atoms. The van der Waals surface area contributed by atoms with Gasteiger partial charge < -0.3 is 9.84 Å². The first-order valence-corrected chi connectivity index (χ1v) is 8.11. The van der Waals surface area contributed by atoms with Gasteiger partial charge >= 0.3 is 0 Å². The van der Waals surface area contributed by atoms with Gasteiger partial charge in [-0.1, -0.05) is 18.2 Å². The van der Waals surface area contributed by atoms with E-state index in [0.717, 1.165) is 20.4 Å². The number of rotatable bonds is 6. The topological polar surface area (TPSA) is 41.8 Å². The number of phenols is 1. The van der Waals surface area contributed by atoms with Crippen molar-refractivity contribution in [2.75, 3.05) is 6.61 Å². The first kappa shape index (κ1) is 16.5. The summed E-state index contributed by atoms with van der Waals surface area (Å²) in [6.07, 6.45) is 4.12. The summed E-state index contributed by atoms with van der Waals surface area (Å²) in [7, 11) is 0. The van der Waals surface area contributed by atoms with Crippen molar-refractivity contribution in [3.8, 4) is 11.5 Å². The van der Waals surface area contributed by atoms with Crippen LogP contribution in [0.3, 0.4) is 0 Å². The van der Waals surface area contributed by atoms with E-state index < -0.39 is 0 Å². The molecule has 2 aromatic rings. The van der Waals surface area contributed by atoms with E-state index in [9.17, 15) is 5.11 Å². The Morgan fingerprint density at radius 2 is 2.09 bits per heavy atom. The Kier molecular flexibility index (Phi) is 6.00. The molecule has 0 spiro atoms. The predicted molar refractivity (Wildman–Crippen MR) is 99.6 cm³/mol. The highest BCUT2D eigenvalue weighted by molar-refractivity contribution is 14.1. The van der Waals surface area contributed by atoms with Crippen LogP contribution in [0.2, 0.25) is 0 Å². The molecule has 0 atom stereocenters. The smallest absolute Gasteiger partial charge is 0.161 e. The van der Waals surface area contributed by atoms with Gasteiger partial charge in [0.05, 0.1) is 12.3 Å². The number of aliphatic imine (C=N–C) groups is 1. The molecular formula is C18H18INO2. The fourth-order valence-electron chi connectivity index (χ4n) is 2.04. The van der Waals surface area contributed by atoms with Gasteiger partial charge in [0.25, 0.3) is 0 Å². The van der Waals surface area contributed by atoms with Crippen LogP contribution in [0.25, 0.3) is 0 Å². The summed E-state index contributed by atoms with van der Waals surface area (Å²) < 4.78 is 6.58. The lowest BCUT2D eigenvalue weighted by Gasteiger charge is -2.10. The molecule has 0 amide bonds. The Hall–Kier alpha value is -1.82. The van der Waals surface area contributed by atoms with E-state index >= 15 is 0 Å². The molecule has 3 nitrogen and oxygen atoms in total. The Morgan fingerprint density at radius 1 is 1.32 bits per heavy atom. The summed E-state index contributed by atoms with van der Waals surface area (Å²) in [5.41, 5.74) is 2.59. The second-order valence-electron chi connectivity index (χ2n) is 4.66. The van der Waals surface area contributed by atoms with Crippen molar-refractivity contribution in [3.05, 3.63) is 63.8 Å². The van der Waals surface area contributed by atoms with Gasteiger partial charge in [-0.15, -0.1) is 6.58 Å². The maximum atomic E-state index is 10.2. The van der Waals surface area contributed by atoms with Crippen LogP contribution in [0.1, 0.15) is 18.1 Å². The van der Waals surface area contributed by atoms with Crippen molar-refractivity contribution in [2.45, 2.75) is 13.3 Å². The first-order chi connectivity index (χ1) is 10.7. The number of hydrogen-bond acceptors (Lipinski definition) is 3. The summed E-state index contributed by atoms with van der Waals surface area (Å²) in [6.45, 7) is 6.11. The van der Waals surface area contributed by atoms with Gasteiger partial charge in [0.15, 0.2) is 11.5 Å². The summed E-state index contributed by atoms with van der Waals surface area (Å²) in [4.78, 5) is 4.51. The molecule has 0 heterocycles. The minimum atomic E-state index is 0.174. The summed E-state index contributed by atoms with van der Waals surface area (Å²) in [5, 5.41) is 10.2. The second-order valence-corrected chi connectivity index (χ2v) is 5.82. The number of phenolic OH excluding ortho intramolecular Hbond substituents is 1. The van der Waals surface area contributed by atoms with Crippen molar-refractivity contribution >= 4 is 34.5 Å². The number of para-hydroxylation sites is 1. The SMILES string of the molecule is C=CCc1cc(C=Nc2ccccc2I)cc(OCC)c1O. The van der Waals surface area contributed by atoms with Crippen LogP contribution in [0.15, 0.2) is 54.0 Å². The third-order valence-electron chi connectivity index (χ3n) is 3.05. The molecule has 0 fully saturated rings. The zero-order chi connectivity index (χ0) is 15.9. The standard InChI is InChI=1S/C18H18INO2/c1-3-7-14-10-13(11-17(18(14)21)22-4-2)12-20-16-9-6-5-8-15(16)19/h3,5-6,8-12,21H,1,4,7H2,2H3. The molecule has 114 valence electrons. The largest absolute Gasteiger partial charge is 0.504 e. The van der Waals surface area contributed by atoms with Crippen molar-refractivity contribution < 1.29 is 9.84 Å². The van der Waals surface area contributed by atoms with E-state index in [0.29, 0.717) is 18.8 Å². The maximum Gasteiger partial charge on any atom is 0.161 e. The van der Waals surface area contributed by atoms with Crippen LogP contribution in [0.4, 0.5) is 5.69 Å². The Balaban J connectivity index is 2.38. The molecule has 0 aromatic heterocycles. The molecule has 0 saturated heterocycles. The molecule has 0 bridgehead atoms. The second kappa shape index (κ2) is 7.98. The molecule has 0 radical (unpaired) electrons. The van der Waals surface area contributed by atoms with Gasteiger partial charge in [0, 0.05) is 15.3 Å². The molecule has 1 N–H and O–H groups in total. The van der Waals surface area contributed by atoms with Crippen LogP contribution in [-0.2, 0) is 6.42 Å². The van der Waals surface area contributed by atoms with E-state index in [2.05, 4.69) is 34.2 Å². The summed E-state index contributed by atoms with van der Waals surface area (Å²) >= 11 is 2.26. The summed E-state index contributed by atoms with van der Waals surface area (Å²) in [6, 6.07) is 11.6. The molecule has 0 aliphatic carbocycles. The first-order valence-electron chi connectivity index (χ1n) is 7.04. The highest BCUT2D eigenvalue weighted by atomic mass is 127. The van der Waals surface area contributed by atoms with Crippen LogP contribution >= 0.6 is 22.6 Å². The minimum Gasteiger partial charge on any atom is -0.504 e. The van der Waals surface area contributed by atoms with Crippen LogP contribution in [0.5, 0.6) is 11.5 Å². The van der Waals surface area contributed by atoms with Crippen molar-refractivity contribution in [1.29, 1.82) is 0 Å². The zero-order valence-corrected chi connectivity index (χ0v) is 14.6. The van der Waals surface area contributed by atoms with Gasteiger partial charge in [-0.05, 0) is 65.8 Å². The van der Waals surface area contributed by atoms with Crippen molar-refractivity contribution in [1.82, 2.24) is 0 Å². The number of benzene rings is 2. The van der Waals surface area contributed by atoms with E-state index in [1.165, 1.54) is 0 Å². The maximum absolute atomic E-state index is 10.2. The fraction of sp³-hybridized carbons (Fsp3) is 0.167. The van der Waals surface area contributed by atoms with Gasteiger partial charge in [0.2, 0.25) is 0 Å². The molecule has 2 aromatic carbocycles. The minimum absolute atomic E-state index is 0.174. The average Bonchev–Trinajstić information content (AvgIpc) is 2.51. The number of aromatic hydroxyl groups is 1. The number of halogens is 1. The lowest BCUT2D eigenvalue weighted by molar-refractivity contribution is 0.317. The summed E-state index contributed by atoms with van der Waals surface area (Å²) in [5.74, 6) is 0.652. The lowest BCUT2D eigenvalue weighted by atomic mass is 10.1. The van der Waals surface area contributed by atoms with Crippen molar-refractivity contribution in [2.24, 2.45) is 4.99 Å². The van der Waals surface area contributed by atoms with E-state index in [1.807, 2.05) is 37.3 Å². The van der Waals surface area contributed by atoms with Crippen LogP contribution in [-0.4, -0.2) is 17.9 Å². The average molecular weight is 407 g/mol. The molecule has 4 heteroatoms. The molecule has 0 aliphatic rings. The van der Waals surface area contributed by atoms with Gasteiger partial charge in [-0.25, -0.2) is 0 Å². The zero-order valence-electron chi connectivity index (χ0n) is 12.4. The van der Waals surface area contributed by atoms with Gasteiger partial charge in [-0.3, -0.25) is 4.99 Å². The Bertz CT molecular complexity index is 695. The number of nitrogens with zero attached hydrogens (tertiary/aromatic N) is 1. The van der Waals surface area contributed by atoms with Crippen LogP contribution < -0.4 is 4.74 Å².